The van der Waals surface area contributed by atoms with Crippen LogP contribution in [0.2, 0.25) is 0 Å². The Kier molecular flexibility index (Phi) is 4.29. The normalized spacial score (nSPS) is 20.7. The van der Waals surface area contributed by atoms with Crippen molar-refractivity contribution in [1.29, 1.82) is 0 Å². The maximum Gasteiger partial charge on any atom is 0.0575 e. The van der Waals surface area contributed by atoms with Crippen molar-refractivity contribution in [3.63, 3.8) is 0 Å². The monoisotopic (exact) mass is 297 g/mol. The van der Waals surface area contributed by atoms with Gasteiger partial charge < -0.3 is 11.1 Å². The summed E-state index contributed by atoms with van der Waals surface area (Å²) in [6.07, 6.45) is 2.60. The SMILES string of the molecule is CCN1CCCC1CNc1ccc(Br)cc1N. The van der Waals surface area contributed by atoms with Crippen molar-refractivity contribution < 1.29 is 0 Å². The van der Waals surface area contributed by atoms with Gasteiger partial charge in [-0.1, -0.05) is 22.9 Å². The highest BCUT2D eigenvalue weighted by Gasteiger charge is 2.22. The second-order valence-corrected chi connectivity index (χ2v) is 5.45. The number of benzene rings is 1. The summed E-state index contributed by atoms with van der Waals surface area (Å²) >= 11 is 3.42. The first-order valence-electron chi connectivity index (χ1n) is 6.23. The molecule has 1 atom stereocenters. The Bertz CT molecular complexity index is 381. The van der Waals surface area contributed by atoms with Crippen molar-refractivity contribution in [3.05, 3.63) is 22.7 Å². The first-order valence-corrected chi connectivity index (χ1v) is 7.03. The number of likely N-dealkylation sites (tertiary alicyclic amines) is 1. The molecule has 1 saturated heterocycles. The first kappa shape index (κ1) is 12.7. The van der Waals surface area contributed by atoms with Crippen LogP contribution in [0.5, 0.6) is 0 Å². The fraction of sp³-hybridized carbons (Fsp3) is 0.538. The van der Waals surface area contributed by atoms with Gasteiger partial charge in [0.2, 0.25) is 0 Å². The zero-order chi connectivity index (χ0) is 12.3. The van der Waals surface area contributed by atoms with Crippen LogP contribution in [0.25, 0.3) is 0 Å². The lowest BCUT2D eigenvalue weighted by atomic mass is 10.2. The minimum absolute atomic E-state index is 0.656. The number of likely N-dealkylation sites (N-methyl/N-ethyl adjacent to an activating group) is 1. The van der Waals surface area contributed by atoms with E-state index in [9.17, 15) is 0 Å². The third-order valence-corrected chi connectivity index (χ3v) is 3.94. The number of nitrogens with one attached hydrogen (secondary N) is 1. The predicted octanol–water partition coefficient (Wildman–Crippen LogP) is 2.93. The topological polar surface area (TPSA) is 41.3 Å². The van der Waals surface area contributed by atoms with Crippen molar-refractivity contribution in [1.82, 2.24) is 4.90 Å². The van der Waals surface area contributed by atoms with Gasteiger partial charge in [-0.15, -0.1) is 0 Å². The molecule has 0 bridgehead atoms. The highest BCUT2D eigenvalue weighted by molar-refractivity contribution is 9.10. The highest BCUT2D eigenvalue weighted by Crippen LogP contribution is 2.24. The van der Waals surface area contributed by atoms with E-state index in [1.807, 2.05) is 18.2 Å². The van der Waals surface area contributed by atoms with E-state index in [4.69, 9.17) is 5.73 Å². The number of anilines is 2. The fourth-order valence-corrected chi connectivity index (χ4v) is 2.84. The number of hydrogen-bond acceptors (Lipinski definition) is 3. The van der Waals surface area contributed by atoms with E-state index in [0.29, 0.717) is 6.04 Å². The van der Waals surface area contributed by atoms with Gasteiger partial charge in [-0.2, -0.15) is 0 Å². The Hall–Kier alpha value is -0.740. The number of hydrogen-bond donors (Lipinski definition) is 2. The maximum absolute atomic E-state index is 5.97. The molecule has 1 unspecified atom stereocenters. The van der Waals surface area contributed by atoms with E-state index in [1.54, 1.807) is 0 Å². The molecule has 0 amide bonds. The average Bonchev–Trinajstić information content (AvgIpc) is 2.75. The molecule has 0 aromatic heterocycles. The summed E-state index contributed by atoms with van der Waals surface area (Å²) in [5.41, 5.74) is 7.81. The van der Waals surface area contributed by atoms with Gasteiger partial charge in [0.25, 0.3) is 0 Å². The van der Waals surface area contributed by atoms with Crippen LogP contribution in [0.4, 0.5) is 11.4 Å². The Morgan fingerprint density at radius 3 is 3.06 bits per heavy atom. The van der Waals surface area contributed by atoms with E-state index in [1.165, 1.54) is 19.4 Å². The summed E-state index contributed by atoms with van der Waals surface area (Å²) < 4.78 is 1.02. The summed E-state index contributed by atoms with van der Waals surface area (Å²) in [4.78, 5) is 2.53. The molecule has 1 aliphatic heterocycles. The van der Waals surface area contributed by atoms with Crippen molar-refractivity contribution >= 4 is 27.3 Å². The van der Waals surface area contributed by atoms with Gasteiger partial charge in [-0.05, 0) is 44.1 Å². The Labute approximate surface area is 111 Å². The predicted molar refractivity (Wildman–Crippen MR) is 77.3 cm³/mol. The molecule has 0 spiro atoms. The van der Waals surface area contributed by atoms with Crippen LogP contribution in [-0.4, -0.2) is 30.6 Å². The van der Waals surface area contributed by atoms with E-state index in [-0.39, 0.29) is 0 Å². The molecule has 3 nitrogen and oxygen atoms in total. The van der Waals surface area contributed by atoms with Gasteiger partial charge in [-0.3, -0.25) is 4.90 Å². The van der Waals surface area contributed by atoms with Gasteiger partial charge in [0.05, 0.1) is 11.4 Å². The molecule has 0 saturated carbocycles. The zero-order valence-electron chi connectivity index (χ0n) is 10.2. The van der Waals surface area contributed by atoms with Gasteiger partial charge in [-0.25, -0.2) is 0 Å². The van der Waals surface area contributed by atoms with Crippen LogP contribution in [0.15, 0.2) is 22.7 Å². The fourth-order valence-electron chi connectivity index (χ4n) is 2.46. The lowest BCUT2D eigenvalue weighted by Crippen LogP contribution is -2.34. The summed E-state index contributed by atoms with van der Waals surface area (Å²) in [5, 5.41) is 3.46. The highest BCUT2D eigenvalue weighted by atomic mass is 79.9. The second-order valence-electron chi connectivity index (χ2n) is 4.54. The van der Waals surface area contributed by atoms with Crippen molar-refractivity contribution in [3.8, 4) is 0 Å². The van der Waals surface area contributed by atoms with E-state index in [2.05, 4.69) is 33.1 Å². The molecular formula is C13H20BrN3. The Morgan fingerprint density at radius 2 is 2.35 bits per heavy atom. The lowest BCUT2D eigenvalue weighted by molar-refractivity contribution is 0.277. The largest absolute Gasteiger partial charge is 0.397 e. The smallest absolute Gasteiger partial charge is 0.0575 e. The minimum atomic E-state index is 0.656. The Morgan fingerprint density at radius 1 is 1.53 bits per heavy atom. The number of halogens is 1. The molecule has 2 rings (SSSR count). The number of nitrogens with two attached hydrogens (primary N) is 1. The third-order valence-electron chi connectivity index (χ3n) is 3.45. The molecule has 1 aromatic carbocycles. The van der Waals surface area contributed by atoms with E-state index < -0.39 is 0 Å². The van der Waals surface area contributed by atoms with Crippen LogP contribution in [0.3, 0.4) is 0 Å². The lowest BCUT2D eigenvalue weighted by Gasteiger charge is -2.23. The van der Waals surface area contributed by atoms with Crippen LogP contribution in [0, 0.1) is 0 Å². The van der Waals surface area contributed by atoms with E-state index in [0.717, 1.165) is 28.9 Å². The molecule has 3 N–H and O–H groups in total. The van der Waals surface area contributed by atoms with Crippen molar-refractivity contribution in [2.75, 3.05) is 30.7 Å². The number of nitrogen functional groups attached to an aromatic ring is 1. The summed E-state index contributed by atoms with van der Waals surface area (Å²) in [6.45, 7) is 5.59. The molecule has 1 aromatic rings. The summed E-state index contributed by atoms with van der Waals surface area (Å²) in [6, 6.07) is 6.65. The van der Waals surface area contributed by atoms with Crippen LogP contribution in [0.1, 0.15) is 19.8 Å². The molecule has 94 valence electrons. The van der Waals surface area contributed by atoms with E-state index >= 15 is 0 Å². The number of nitrogens with zero attached hydrogens (tertiary/aromatic N) is 1. The zero-order valence-corrected chi connectivity index (χ0v) is 11.8. The van der Waals surface area contributed by atoms with Crippen molar-refractivity contribution in [2.24, 2.45) is 0 Å². The Balaban J connectivity index is 1.93. The quantitative estimate of drug-likeness (QED) is 0.840. The van der Waals surface area contributed by atoms with Gasteiger partial charge in [0.1, 0.15) is 0 Å². The van der Waals surface area contributed by atoms with Crippen LogP contribution < -0.4 is 11.1 Å². The third kappa shape index (κ3) is 3.13. The molecule has 1 fully saturated rings. The molecule has 0 aliphatic carbocycles. The summed E-state index contributed by atoms with van der Waals surface area (Å²) in [7, 11) is 0. The standard InChI is InChI=1S/C13H20BrN3/c1-2-17-7-3-4-11(17)9-16-13-6-5-10(14)8-12(13)15/h5-6,8,11,16H,2-4,7,9,15H2,1H3. The van der Waals surface area contributed by atoms with Gasteiger partial charge >= 0.3 is 0 Å². The van der Waals surface area contributed by atoms with Gasteiger partial charge in [0.15, 0.2) is 0 Å². The summed E-state index contributed by atoms with van der Waals surface area (Å²) in [5.74, 6) is 0. The molecule has 4 heteroatoms. The van der Waals surface area contributed by atoms with Crippen molar-refractivity contribution in [2.45, 2.75) is 25.8 Å². The maximum atomic E-state index is 5.97. The first-order chi connectivity index (χ1) is 8.20. The minimum Gasteiger partial charge on any atom is -0.397 e. The molecule has 1 heterocycles. The van der Waals surface area contributed by atoms with Gasteiger partial charge in [0, 0.05) is 17.1 Å². The second kappa shape index (κ2) is 5.74. The molecular weight excluding hydrogens is 278 g/mol. The van der Waals surface area contributed by atoms with Crippen LogP contribution >= 0.6 is 15.9 Å². The average molecular weight is 298 g/mol. The van der Waals surface area contributed by atoms with Crippen LogP contribution in [-0.2, 0) is 0 Å². The molecule has 17 heavy (non-hydrogen) atoms. The molecule has 1 aliphatic rings. The molecule has 0 radical (unpaired) electrons. The number of rotatable bonds is 4.